The molecule has 3 heterocycles. The van der Waals surface area contributed by atoms with Crippen LogP contribution >= 0.6 is 0 Å². The molecule has 0 saturated carbocycles. The molecule has 1 aliphatic rings. The molecular weight excluding hydrogens is 352 g/mol. The van der Waals surface area contributed by atoms with Crippen LogP contribution in [0.1, 0.15) is 20.8 Å². The summed E-state index contributed by atoms with van der Waals surface area (Å²) < 4.78 is 22.1. The van der Waals surface area contributed by atoms with E-state index in [2.05, 4.69) is 0 Å². The first-order chi connectivity index (χ1) is 12.7. The molecule has 7 heteroatoms. The van der Waals surface area contributed by atoms with Crippen molar-refractivity contribution in [3.63, 3.8) is 0 Å². The molecule has 3 aromatic rings. The number of carbonyl (C=O) groups is 1. The highest BCUT2D eigenvalue weighted by molar-refractivity contribution is 6.01. The van der Waals surface area contributed by atoms with E-state index < -0.39 is 16.8 Å². The molecule has 0 bridgehead atoms. The lowest BCUT2D eigenvalue weighted by molar-refractivity contribution is -0.129. The van der Waals surface area contributed by atoms with Crippen LogP contribution < -0.4 is 10.4 Å². The molecule has 1 atom stereocenters. The van der Waals surface area contributed by atoms with Gasteiger partial charge in [-0.2, -0.15) is 0 Å². The van der Waals surface area contributed by atoms with Crippen LogP contribution in [0, 0.1) is 0 Å². The van der Waals surface area contributed by atoms with Gasteiger partial charge in [-0.3, -0.25) is 4.79 Å². The van der Waals surface area contributed by atoms with E-state index in [4.69, 9.17) is 18.3 Å². The second kappa shape index (κ2) is 5.72. The summed E-state index contributed by atoms with van der Waals surface area (Å²) in [7, 11) is 0. The summed E-state index contributed by atoms with van der Waals surface area (Å²) in [5.41, 5.74) is -2.24. The molecule has 4 rings (SSSR count). The number of carbonyl (C=O) groups excluding carboxylic acids is 1. The fraction of sp³-hybridized carbons (Fsp3) is 0.300. The van der Waals surface area contributed by atoms with Crippen LogP contribution in [0.2, 0.25) is 0 Å². The largest absolute Gasteiger partial charge is 0.489 e. The minimum Gasteiger partial charge on any atom is -0.489 e. The topological polar surface area (TPSA) is 99.1 Å². The van der Waals surface area contributed by atoms with Gasteiger partial charge in [-0.1, -0.05) is 0 Å². The number of ketones is 1. The molecule has 1 aromatic carbocycles. The first-order valence-corrected chi connectivity index (χ1v) is 8.42. The zero-order valence-electron chi connectivity index (χ0n) is 15.1. The van der Waals surface area contributed by atoms with Crippen LogP contribution in [0.15, 0.2) is 56.0 Å². The van der Waals surface area contributed by atoms with Gasteiger partial charge in [-0.05, 0) is 32.9 Å². The summed E-state index contributed by atoms with van der Waals surface area (Å²) in [4.78, 5) is 23.5. The van der Waals surface area contributed by atoms with Crippen molar-refractivity contribution in [3.05, 3.63) is 52.8 Å². The van der Waals surface area contributed by atoms with Gasteiger partial charge in [0.2, 0.25) is 5.78 Å². The highest BCUT2D eigenvalue weighted by Gasteiger charge is 2.42. The molecular formula is C20H18O7. The maximum absolute atomic E-state index is 12.0. The monoisotopic (exact) mass is 370 g/mol. The lowest BCUT2D eigenvalue weighted by atomic mass is 10.0. The predicted octanol–water partition coefficient (Wildman–Crippen LogP) is 2.93. The molecule has 0 fully saturated rings. The fourth-order valence-electron chi connectivity index (χ4n) is 2.96. The minimum absolute atomic E-state index is 0.146. The SMILES string of the molecule is CC(O)(COc1c2ccoc2cc2oc(=O)ccc12)C1=CC(=O)C(C)(C)O1. The number of fused-ring (bicyclic) bond motifs is 2. The van der Waals surface area contributed by atoms with Crippen LogP contribution in [0.25, 0.3) is 21.9 Å². The van der Waals surface area contributed by atoms with E-state index in [0.29, 0.717) is 27.7 Å². The van der Waals surface area contributed by atoms with Crippen LogP contribution in [-0.4, -0.2) is 28.7 Å². The zero-order valence-corrected chi connectivity index (χ0v) is 15.1. The summed E-state index contributed by atoms with van der Waals surface area (Å²) >= 11 is 0. The average molecular weight is 370 g/mol. The molecule has 7 nitrogen and oxygen atoms in total. The number of hydrogen-bond donors (Lipinski definition) is 1. The molecule has 1 unspecified atom stereocenters. The Labute approximate surface area is 153 Å². The van der Waals surface area contributed by atoms with Crippen LogP contribution in [0.5, 0.6) is 5.75 Å². The number of hydrogen-bond acceptors (Lipinski definition) is 7. The Balaban J connectivity index is 1.71. The van der Waals surface area contributed by atoms with E-state index in [0.717, 1.165) is 0 Å². The molecule has 1 aliphatic heterocycles. The minimum atomic E-state index is -1.53. The van der Waals surface area contributed by atoms with Crippen molar-refractivity contribution in [2.75, 3.05) is 6.61 Å². The van der Waals surface area contributed by atoms with E-state index in [1.54, 1.807) is 32.0 Å². The molecule has 0 saturated heterocycles. The van der Waals surface area contributed by atoms with Gasteiger partial charge in [0.1, 0.15) is 29.3 Å². The lowest BCUT2D eigenvalue weighted by Gasteiger charge is -2.27. The summed E-state index contributed by atoms with van der Waals surface area (Å²) in [5, 5.41) is 12.0. The van der Waals surface area contributed by atoms with E-state index >= 15 is 0 Å². The summed E-state index contributed by atoms with van der Waals surface area (Å²) in [5.74, 6) is 0.333. The number of furan rings is 1. The third-order valence-electron chi connectivity index (χ3n) is 4.56. The predicted molar refractivity (Wildman–Crippen MR) is 96.6 cm³/mol. The standard InChI is InChI=1S/C20H18O7/c1-19(2)15(21)9-16(27-19)20(3,23)10-25-18-11-4-5-17(22)26-14(11)8-13-12(18)6-7-24-13/h4-9,23H,10H2,1-3H3. The fourth-order valence-corrected chi connectivity index (χ4v) is 2.96. The van der Waals surface area contributed by atoms with E-state index in [-0.39, 0.29) is 18.1 Å². The second-order valence-corrected chi connectivity index (χ2v) is 7.25. The quantitative estimate of drug-likeness (QED) is 0.705. The number of ether oxygens (including phenoxy) is 2. The van der Waals surface area contributed by atoms with Gasteiger partial charge in [-0.25, -0.2) is 4.79 Å². The van der Waals surface area contributed by atoms with Crippen molar-refractivity contribution in [1.82, 2.24) is 0 Å². The van der Waals surface area contributed by atoms with Gasteiger partial charge >= 0.3 is 5.63 Å². The molecule has 1 N–H and O–H groups in total. The number of benzene rings is 1. The van der Waals surface area contributed by atoms with Gasteiger partial charge in [0.05, 0.1) is 17.0 Å². The van der Waals surface area contributed by atoms with Crippen molar-refractivity contribution in [2.24, 2.45) is 0 Å². The van der Waals surface area contributed by atoms with Crippen molar-refractivity contribution in [3.8, 4) is 5.75 Å². The normalized spacial score (nSPS) is 18.4. The Bertz CT molecular complexity index is 1140. The van der Waals surface area contributed by atoms with Gasteiger partial charge in [-0.15, -0.1) is 0 Å². The Hall–Kier alpha value is -3.06. The van der Waals surface area contributed by atoms with Crippen LogP contribution in [0.3, 0.4) is 0 Å². The number of aliphatic hydroxyl groups is 1. The maximum atomic E-state index is 12.0. The van der Waals surface area contributed by atoms with Gasteiger partial charge in [0, 0.05) is 18.2 Å². The van der Waals surface area contributed by atoms with Crippen LogP contribution in [0.4, 0.5) is 0 Å². The Kier molecular flexibility index (Phi) is 3.68. The highest BCUT2D eigenvalue weighted by atomic mass is 16.5. The van der Waals surface area contributed by atoms with E-state index in [1.165, 1.54) is 25.3 Å². The highest BCUT2D eigenvalue weighted by Crippen LogP contribution is 2.37. The Morgan fingerprint density at radius 2 is 1.89 bits per heavy atom. The third kappa shape index (κ3) is 2.90. The molecule has 0 amide bonds. The average Bonchev–Trinajstić information content (AvgIpc) is 3.15. The van der Waals surface area contributed by atoms with Gasteiger partial charge in [0.25, 0.3) is 0 Å². The molecule has 140 valence electrons. The van der Waals surface area contributed by atoms with Gasteiger partial charge < -0.3 is 23.4 Å². The maximum Gasteiger partial charge on any atom is 0.336 e. The van der Waals surface area contributed by atoms with Crippen molar-refractivity contribution in [1.29, 1.82) is 0 Å². The first kappa shape index (κ1) is 17.4. The number of rotatable bonds is 4. The first-order valence-electron chi connectivity index (χ1n) is 8.42. The second-order valence-electron chi connectivity index (χ2n) is 7.25. The van der Waals surface area contributed by atoms with Crippen molar-refractivity contribution >= 4 is 27.7 Å². The summed E-state index contributed by atoms with van der Waals surface area (Å²) in [6.07, 6.45) is 2.79. The van der Waals surface area contributed by atoms with E-state index in [9.17, 15) is 14.7 Å². The third-order valence-corrected chi connectivity index (χ3v) is 4.56. The van der Waals surface area contributed by atoms with Crippen molar-refractivity contribution < 1.29 is 28.2 Å². The van der Waals surface area contributed by atoms with Crippen LogP contribution in [-0.2, 0) is 9.53 Å². The smallest absolute Gasteiger partial charge is 0.336 e. The molecule has 0 aliphatic carbocycles. The molecule has 0 radical (unpaired) electrons. The molecule has 27 heavy (non-hydrogen) atoms. The molecule has 2 aromatic heterocycles. The zero-order chi connectivity index (χ0) is 19.4. The molecule has 0 spiro atoms. The van der Waals surface area contributed by atoms with Crippen molar-refractivity contribution in [2.45, 2.75) is 32.0 Å². The van der Waals surface area contributed by atoms with E-state index in [1.807, 2.05) is 0 Å². The summed E-state index contributed by atoms with van der Waals surface area (Å²) in [6.45, 7) is 4.60. The summed E-state index contributed by atoms with van der Waals surface area (Å²) in [6, 6.07) is 6.22. The Morgan fingerprint density at radius 1 is 1.15 bits per heavy atom. The van der Waals surface area contributed by atoms with Gasteiger partial charge in [0.15, 0.2) is 11.2 Å². The Morgan fingerprint density at radius 3 is 2.59 bits per heavy atom. The lowest BCUT2D eigenvalue weighted by Crippen LogP contribution is -2.37.